The van der Waals surface area contributed by atoms with Gasteiger partial charge in [0, 0.05) is 16.6 Å². The van der Waals surface area contributed by atoms with Crippen molar-refractivity contribution in [3.8, 4) is 0 Å². The highest BCUT2D eigenvalue weighted by Gasteiger charge is 2.16. The van der Waals surface area contributed by atoms with Gasteiger partial charge in [-0.2, -0.15) is 0 Å². The molecule has 0 saturated carbocycles. The molecule has 0 aliphatic rings. The van der Waals surface area contributed by atoms with Crippen molar-refractivity contribution in [2.45, 2.75) is 4.90 Å². The number of fused-ring (bicyclic) bond motifs is 1. The normalized spacial score (nSPS) is 11.9. The highest BCUT2D eigenvalue weighted by molar-refractivity contribution is 7.89. The Kier molecular flexibility index (Phi) is 2.84. The summed E-state index contributed by atoms with van der Waals surface area (Å²) in [5.41, 5.74) is 0.418. The van der Waals surface area contributed by atoms with E-state index in [1.165, 1.54) is 13.1 Å². The van der Waals surface area contributed by atoms with Crippen LogP contribution in [0.3, 0.4) is 0 Å². The molecule has 1 heterocycles. The molecule has 0 aliphatic carbocycles. The lowest BCUT2D eigenvalue weighted by molar-refractivity contribution is 0.589. The average molecular weight is 257 g/mol. The number of sulfonamides is 1. The van der Waals surface area contributed by atoms with Crippen molar-refractivity contribution >= 4 is 32.5 Å². The van der Waals surface area contributed by atoms with E-state index in [4.69, 9.17) is 11.6 Å². The first-order valence-electron chi connectivity index (χ1n) is 4.52. The number of aromatic nitrogens is 1. The van der Waals surface area contributed by atoms with Gasteiger partial charge in [0.2, 0.25) is 10.0 Å². The zero-order valence-corrected chi connectivity index (χ0v) is 10.0. The minimum absolute atomic E-state index is 0.0955. The van der Waals surface area contributed by atoms with Gasteiger partial charge in [0.1, 0.15) is 4.90 Å². The van der Waals surface area contributed by atoms with Crippen LogP contribution >= 0.6 is 11.6 Å². The molecule has 0 atom stereocenters. The number of hydrogen-bond donors (Lipinski definition) is 1. The van der Waals surface area contributed by atoms with E-state index in [2.05, 4.69) is 9.71 Å². The molecule has 0 bridgehead atoms. The average Bonchev–Trinajstić information content (AvgIpc) is 2.28. The summed E-state index contributed by atoms with van der Waals surface area (Å²) in [7, 11) is -2.19. The molecule has 1 aromatic carbocycles. The van der Waals surface area contributed by atoms with Gasteiger partial charge in [-0.05, 0) is 25.2 Å². The quantitative estimate of drug-likeness (QED) is 0.891. The SMILES string of the molecule is CNS(=O)(=O)c1cc(Cl)cc2cccnc12. The van der Waals surface area contributed by atoms with Crippen LogP contribution in [0, 0.1) is 0 Å². The van der Waals surface area contributed by atoms with Crippen LogP contribution < -0.4 is 4.72 Å². The minimum atomic E-state index is -3.54. The van der Waals surface area contributed by atoms with Gasteiger partial charge < -0.3 is 0 Å². The number of nitrogens with one attached hydrogen (secondary N) is 1. The molecule has 2 aromatic rings. The Bertz CT molecular complexity index is 640. The molecule has 0 radical (unpaired) electrons. The van der Waals surface area contributed by atoms with E-state index >= 15 is 0 Å². The van der Waals surface area contributed by atoms with Gasteiger partial charge in [-0.25, -0.2) is 13.1 Å². The molecule has 0 unspecified atom stereocenters. The molecular formula is C10H9ClN2O2S. The number of nitrogens with zero attached hydrogens (tertiary/aromatic N) is 1. The van der Waals surface area contributed by atoms with Crippen molar-refractivity contribution in [2.24, 2.45) is 0 Å². The monoisotopic (exact) mass is 256 g/mol. The molecule has 2 rings (SSSR count). The summed E-state index contributed by atoms with van der Waals surface area (Å²) < 4.78 is 25.8. The molecule has 1 aromatic heterocycles. The van der Waals surface area contributed by atoms with Gasteiger partial charge in [-0.1, -0.05) is 17.7 Å². The van der Waals surface area contributed by atoms with E-state index in [1.807, 2.05) is 0 Å². The van der Waals surface area contributed by atoms with Gasteiger partial charge in [0.05, 0.1) is 5.52 Å². The number of rotatable bonds is 2. The Morgan fingerprint density at radius 2 is 2.12 bits per heavy atom. The number of pyridine rings is 1. The predicted octanol–water partition coefficient (Wildman–Crippen LogP) is 1.80. The third-order valence-electron chi connectivity index (χ3n) is 2.19. The first-order chi connectivity index (χ1) is 7.54. The summed E-state index contributed by atoms with van der Waals surface area (Å²) in [6.07, 6.45) is 1.55. The first kappa shape index (κ1) is 11.3. The molecule has 6 heteroatoms. The topological polar surface area (TPSA) is 59.1 Å². The van der Waals surface area contributed by atoms with Crippen LogP contribution in [0.2, 0.25) is 5.02 Å². The van der Waals surface area contributed by atoms with Crippen LogP contribution in [0.25, 0.3) is 10.9 Å². The molecular weight excluding hydrogens is 248 g/mol. The lowest BCUT2D eigenvalue weighted by Crippen LogP contribution is -2.19. The molecule has 0 amide bonds. The van der Waals surface area contributed by atoms with Gasteiger partial charge in [0.25, 0.3) is 0 Å². The lowest BCUT2D eigenvalue weighted by Gasteiger charge is -2.06. The fourth-order valence-corrected chi connectivity index (χ4v) is 2.66. The van der Waals surface area contributed by atoms with Crippen LogP contribution in [0.1, 0.15) is 0 Å². The van der Waals surface area contributed by atoms with E-state index < -0.39 is 10.0 Å². The molecule has 84 valence electrons. The summed E-state index contributed by atoms with van der Waals surface area (Å²) in [5, 5.41) is 1.07. The summed E-state index contributed by atoms with van der Waals surface area (Å²) in [6.45, 7) is 0. The highest BCUT2D eigenvalue weighted by Crippen LogP contribution is 2.25. The second-order valence-electron chi connectivity index (χ2n) is 3.19. The van der Waals surface area contributed by atoms with E-state index in [0.717, 1.165) is 0 Å². The summed E-state index contributed by atoms with van der Waals surface area (Å²) in [6, 6.07) is 6.57. The van der Waals surface area contributed by atoms with Crippen molar-refractivity contribution in [3.63, 3.8) is 0 Å². The minimum Gasteiger partial charge on any atom is -0.255 e. The van der Waals surface area contributed by atoms with E-state index in [1.54, 1.807) is 24.4 Å². The van der Waals surface area contributed by atoms with E-state index in [-0.39, 0.29) is 4.90 Å². The Morgan fingerprint density at radius 3 is 2.81 bits per heavy atom. The maximum atomic E-state index is 11.8. The second-order valence-corrected chi connectivity index (χ2v) is 5.48. The lowest BCUT2D eigenvalue weighted by atomic mass is 10.2. The van der Waals surface area contributed by atoms with Crippen LogP contribution in [0.4, 0.5) is 0 Å². The van der Waals surface area contributed by atoms with Gasteiger partial charge >= 0.3 is 0 Å². The van der Waals surface area contributed by atoms with E-state index in [9.17, 15) is 8.42 Å². The molecule has 0 spiro atoms. The number of halogens is 1. The fraction of sp³-hybridized carbons (Fsp3) is 0.100. The Labute approximate surface area is 98.3 Å². The molecule has 4 nitrogen and oxygen atoms in total. The smallest absolute Gasteiger partial charge is 0.242 e. The van der Waals surface area contributed by atoms with Crippen LogP contribution in [-0.2, 0) is 10.0 Å². The third kappa shape index (κ3) is 1.89. The number of benzene rings is 1. The molecule has 0 aliphatic heterocycles. The zero-order chi connectivity index (χ0) is 11.8. The van der Waals surface area contributed by atoms with Crippen molar-refractivity contribution in [2.75, 3.05) is 7.05 Å². The first-order valence-corrected chi connectivity index (χ1v) is 6.38. The summed E-state index contributed by atoms with van der Waals surface area (Å²) in [5.74, 6) is 0. The maximum absolute atomic E-state index is 11.8. The van der Waals surface area contributed by atoms with Crippen LogP contribution in [0.15, 0.2) is 35.4 Å². The summed E-state index contributed by atoms with van der Waals surface area (Å²) in [4.78, 5) is 4.15. The van der Waals surface area contributed by atoms with Crippen molar-refractivity contribution in [3.05, 3.63) is 35.5 Å². The standard InChI is InChI=1S/C10H9ClN2O2S/c1-12-16(14,15)9-6-8(11)5-7-3-2-4-13-10(7)9/h2-6,12H,1H3. The predicted molar refractivity (Wildman–Crippen MR) is 63.0 cm³/mol. The molecule has 16 heavy (non-hydrogen) atoms. The van der Waals surface area contributed by atoms with Crippen molar-refractivity contribution in [1.29, 1.82) is 0 Å². The van der Waals surface area contributed by atoms with Crippen molar-refractivity contribution < 1.29 is 8.42 Å². The zero-order valence-electron chi connectivity index (χ0n) is 8.44. The Hall–Kier alpha value is -1.17. The Balaban J connectivity index is 2.89. The third-order valence-corrected chi connectivity index (χ3v) is 3.84. The Morgan fingerprint density at radius 1 is 1.38 bits per heavy atom. The fourth-order valence-electron chi connectivity index (χ4n) is 1.44. The number of hydrogen-bond acceptors (Lipinski definition) is 3. The van der Waals surface area contributed by atoms with E-state index in [0.29, 0.717) is 15.9 Å². The highest BCUT2D eigenvalue weighted by atomic mass is 35.5. The van der Waals surface area contributed by atoms with Crippen LogP contribution in [-0.4, -0.2) is 20.4 Å². The van der Waals surface area contributed by atoms with Crippen LogP contribution in [0.5, 0.6) is 0 Å². The van der Waals surface area contributed by atoms with Gasteiger partial charge in [0.15, 0.2) is 0 Å². The largest absolute Gasteiger partial charge is 0.255 e. The van der Waals surface area contributed by atoms with Gasteiger partial charge in [-0.15, -0.1) is 0 Å². The van der Waals surface area contributed by atoms with Crippen molar-refractivity contribution in [1.82, 2.24) is 9.71 Å². The second kappa shape index (κ2) is 4.01. The molecule has 1 N–H and O–H groups in total. The maximum Gasteiger partial charge on any atom is 0.242 e. The molecule has 0 saturated heterocycles. The summed E-state index contributed by atoms with van der Waals surface area (Å²) >= 11 is 5.87. The molecule has 0 fully saturated rings. The van der Waals surface area contributed by atoms with Gasteiger partial charge in [-0.3, -0.25) is 4.98 Å².